The van der Waals surface area contributed by atoms with E-state index in [2.05, 4.69) is 31.4 Å². The maximum Gasteiger partial charge on any atom is 0.0415 e. The van der Waals surface area contributed by atoms with E-state index in [1.807, 2.05) is 11.3 Å². The molecule has 2 heteroatoms. The van der Waals surface area contributed by atoms with Gasteiger partial charge in [-0.1, -0.05) is 6.42 Å². The van der Waals surface area contributed by atoms with Gasteiger partial charge in [0.2, 0.25) is 0 Å². The van der Waals surface area contributed by atoms with E-state index in [1.165, 1.54) is 41.9 Å². The summed E-state index contributed by atoms with van der Waals surface area (Å²) >= 11 is 1.96. The molecule has 2 bridgehead atoms. The van der Waals surface area contributed by atoms with Gasteiger partial charge in [-0.3, -0.25) is 0 Å². The van der Waals surface area contributed by atoms with Crippen molar-refractivity contribution in [3.63, 3.8) is 0 Å². The summed E-state index contributed by atoms with van der Waals surface area (Å²) in [6, 6.07) is 5.16. The topological polar surface area (TPSA) is 12.0 Å². The molecule has 2 aliphatic rings. The van der Waals surface area contributed by atoms with Crippen molar-refractivity contribution in [3.8, 4) is 0 Å². The minimum Gasteiger partial charge on any atom is -0.312 e. The minimum absolute atomic E-state index is 0.595. The average molecular weight is 249 g/mol. The van der Waals surface area contributed by atoms with Crippen LogP contribution in [0.3, 0.4) is 0 Å². The van der Waals surface area contributed by atoms with Crippen LogP contribution in [0.5, 0.6) is 0 Å². The summed E-state index contributed by atoms with van der Waals surface area (Å²) in [5.41, 5.74) is 0. The molecule has 0 spiro atoms. The minimum atomic E-state index is 0.595. The predicted octanol–water partition coefficient (Wildman–Crippen LogP) is 4.14. The predicted molar refractivity (Wildman–Crippen MR) is 74.4 cm³/mol. The van der Waals surface area contributed by atoms with Crippen molar-refractivity contribution >= 4 is 11.3 Å². The fourth-order valence-electron chi connectivity index (χ4n) is 3.98. The Hall–Kier alpha value is -0.340. The first-order valence-electron chi connectivity index (χ1n) is 7.00. The average Bonchev–Trinajstić information content (AvgIpc) is 3.01. The Labute approximate surface area is 109 Å². The highest BCUT2D eigenvalue weighted by Crippen LogP contribution is 2.51. The third kappa shape index (κ3) is 2.30. The number of hydrogen-bond acceptors (Lipinski definition) is 2. The van der Waals surface area contributed by atoms with Crippen LogP contribution in [-0.2, 0) is 0 Å². The number of aryl methyl sites for hydroxylation is 1. The Morgan fingerprint density at radius 3 is 2.76 bits per heavy atom. The smallest absolute Gasteiger partial charge is 0.0415 e. The zero-order valence-corrected chi connectivity index (χ0v) is 11.7. The van der Waals surface area contributed by atoms with Crippen molar-refractivity contribution in [2.45, 2.75) is 45.1 Å². The first-order chi connectivity index (χ1) is 8.26. The van der Waals surface area contributed by atoms with E-state index in [0.717, 1.165) is 17.8 Å². The second-order valence-electron chi connectivity index (χ2n) is 5.96. The largest absolute Gasteiger partial charge is 0.312 e. The van der Waals surface area contributed by atoms with Crippen molar-refractivity contribution in [1.29, 1.82) is 0 Å². The monoisotopic (exact) mass is 249 g/mol. The SMILES string of the molecule is CNC(CC1CC2CCC1C2)c1ccc(C)s1. The first kappa shape index (κ1) is 11.7. The van der Waals surface area contributed by atoms with Gasteiger partial charge in [-0.25, -0.2) is 0 Å². The first-order valence-corrected chi connectivity index (χ1v) is 7.81. The van der Waals surface area contributed by atoms with Gasteiger partial charge in [-0.05, 0) is 69.5 Å². The van der Waals surface area contributed by atoms with Crippen LogP contribution in [0, 0.1) is 24.7 Å². The van der Waals surface area contributed by atoms with E-state index in [4.69, 9.17) is 0 Å². The van der Waals surface area contributed by atoms with E-state index >= 15 is 0 Å². The zero-order valence-electron chi connectivity index (χ0n) is 10.9. The highest BCUT2D eigenvalue weighted by molar-refractivity contribution is 7.12. The van der Waals surface area contributed by atoms with Crippen LogP contribution in [0.2, 0.25) is 0 Å². The van der Waals surface area contributed by atoms with Crippen LogP contribution in [0.25, 0.3) is 0 Å². The molecule has 3 rings (SSSR count). The van der Waals surface area contributed by atoms with Crippen LogP contribution >= 0.6 is 11.3 Å². The molecule has 2 fully saturated rings. The molecule has 4 unspecified atom stereocenters. The molecule has 1 aromatic heterocycles. The van der Waals surface area contributed by atoms with Crippen LogP contribution in [0.4, 0.5) is 0 Å². The fraction of sp³-hybridized carbons (Fsp3) is 0.733. The van der Waals surface area contributed by atoms with E-state index in [9.17, 15) is 0 Å². The second kappa shape index (κ2) is 4.74. The Kier molecular flexibility index (Phi) is 3.27. The van der Waals surface area contributed by atoms with Gasteiger partial charge in [0.05, 0.1) is 0 Å². The summed E-state index contributed by atoms with van der Waals surface area (Å²) in [5.74, 6) is 3.12. The lowest BCUT2D eigenvalue weighted by atomic mass is 9.84. The van der Waals surface area contributed by atoms with Crippen LogP contribution in [0.1, 0.15) is 47.9 Å². The van der Waals surface area contributed by atoms with Gasteiger partial charge in [0.25, 0.3) is 0 Å². The lowest BCUT2D eigenvalue weighted by molar-refractivity contribution is 0.285. The quantitative estimate of drug-likeness (QED) is 0.845. The second-order valence-corrected chi connectivity index (χ2v) is 7.28. The molecule has 0 saturated heterocycles. The van der Waals surface area contributed by atoms with Gasteiger partial charge in [0, 0.05) is 15.8 Å². The van der Waals surface area contributed by atoms with Crippen molar-refractivity contribution in [2.75, 3.05) is 7.05 Å². The Balaban J connectivity index is 1.66. The van der Waals surface area contributed by atoms with Crippen LogP contribution < -0.4 is 5.32 Å². The molecule has 1 heterocycles. The summed E-state index contributed by atoms with van der Waals surface area (Å²) in [7, 11) is 2.12. The molecule has 17 heavy (non-hydrogen) atoms. The highest BCUT2D eigenvalue weighted by Gasteiger charge is 2.40. The number of thiophene rings is 1. The van der Waals surface area contributed by atoms with Gasteiger partial charge in [-0.2, -0.15) is 0 Å². The molecule has 0 aromatic carbocycles. The molecule has 0 radical (unpaired) electrons. The van der Waals surface area contributed by atoms with Crippen molar-refractivity contribution < 1.29 is 0 Å². The fourth-order valence-corrected chi connectivity index (χ4v) is 4.99. The Morgan fingerprint density at radius 2 is 2.24 bits per heavy atom. The van der Waals surface area contributed by atoms with Crippen LogP contribution in [0.15, 0.2) is 12.1 Å². The molecular weight excluding hydrogens is 226 g/mol. The lowest BCUT2D eigenvalue weighted by Gasteiger charge is -2.26. The summed E-state index contributed by atoms with van der Waals surface area (Å²) in [6.45, 7) is 2.21. The van der Waals surface area contributed by atoms with Gasteiger partial charge < -0.3 is 5.32 Å². The molecule has 2 aliphatic carbocycles. The molecule has 2 saturated carbocycles. The van der Waals surface area contributed by atoms with Gasteiger partial charge in [-0.15, -0.1) is 11.3 Å². The standard InChI is InChI=1S/C15H23NS/c1-10-3-6-15(17-10)14(16-2)9-13-8-11-4-5-12(13)7-11/h3,6,11-14,16H,4-5,7-9H2,1-2H3. The van der Waals surface area contributed by atoms with E-state index in [0.29, 0.717) is 6.04 Å². The Morgan fingerprint density at radius 1 is 1.35 bits per heavy atom. The molecule has 0 amide bonds. The maximum absolute atomic E-state index is 3.53. The number of nitrogens with one attached hydrogen (secondary N) is 1. The Bertz CT molecular complexity index is 384. The third-order valence-corrected chi connectivity index (χ3v) is 5.99. The normalized spacial score (nSPS) is 33.2. The van der Waals surface area contributed by atoms with Crippen molar-refractivity contribution in [3.05, 3.63) is 21.9 Å². The summed E-state index contributed by atoms with van der Waals surface area (Å²) in [4.78, 5) is 2.97. The van der Waals surface area contributed by atoms with Gasteiger partial charge in [0.15, 0.2) is 0 Å². The molecule has 1 aromatic rings. The van der Waals surface area contributed by atoms with Crippen molar-refractivity contribution in [2.24, 2.45) is 17.8 Å². The zero-order chi connectivity index (χ0) is 11.8. The summed E-state index contributed by atoms with van der Waals surface area (Å²) in [5, 5.41) is 3.53. The van der Waals surface area contributed by atoms with E-state index in [1.54, 1.807) is 0 Å². The van der Waals surface area contributed by atoms with E-state index in [-0.39, 0.29) is 0 Å². The lowest BCUT2D eigenvalue weighted by Crippen LogP contribution is -2.21. The van der Waals surface area contributed by atoms with Crippen molar-refractivity contribution in [1.82, 2.24) is 5.32 Å². The molecular formula is C15H23NS. The van der Waals surface area contributed by atoms with Gasteiger partial charge >= 0.3 is 0 Å². The number of hydrogen-bond donors (Lipinski definition) is 1. The van der Waals surface area contributed by atoms with Gasteiger partial charge in [0.1, 0.15) is 0 Å². The van der Waals surface area contributed by atoms with E-state index < -0.39 is 0 Å². The molecule has 0 aliphatic heterocycles. The number of fused-ring (bicyclic) bond motifs is 2. The third-order valence-electron chi connectivity index (χ3n) is 4.88. The molecule has 94 valence electrons. The summed E-state index contributed by atoms with van der Waals surface area (Å²) in [6.07, 6.45) is 7.42. The van der Waals surface area contributed by atoms with Crippen LogP contribution in [-0.4, -0.2) is 7.05 Å². The summed E-state index contributed by atoms with van der Waals surface area (Å²) < 4.78 is 0. The maximum atomic E-state index is 3.53. The molecule has 1 nitrogen and oxygen atoms in total. The molecule has 4 atom stereocenters. The molecule has 1 N–H and O–H groups in total. The highest BCUT2D eigenvalue weighted by atomic mass is 32.1. The number of rotatable bonds is 4.